The van der Waals surface area contributed by atoms with Crippen LogP contribution in [0.1, 0.15) is 73.7 Å². The molecule has 5 heteroatoms. The van der Waals surface area contributed by atoms with Crippen LogP contribution < -0.4 is 0 Å². The largest absolute Gasteiger partial charge is 0.341 e. The molecular formula is C56H33N5. The van der Waals surface area contributed by atoms with Crippen LogP contribution in [0.4, 0.5) is 0 Å². The van der Waals surface area contributed by atoms with Crippen LogP contribution in [0, 0.1) is 45.3 Å². The zero-order valence-corrected chi connectivity index (χ0v) is 33.1. The second kappa shape index (κ2) is 13.3. The zero-order chi connectivity index (χ0) is 41.5. The summed E-state index contributed by atoms with van der Waals surface area (Å²) in [5.41, 5.74) is 15.1. The average Bonchev–Trinajstić information content (AvgIpc) is 3.92. The maximum absolute atomic E-state index is 10.2. The summed E-state index contributed by atoms with van der Waals surface area (Å²) in [4.78, 5) is 0. The third kappa shape index (κ3) is 4.72. The fraction of sp³-hybridized carbons (Fsp3) is 0.0714. The van der Waals surface area contributed by atoms with Gasteiger partial charge in [-0.2, -0.15) is 21.0 Å². The molecule has 0 unspecified atom stereocenters. The van der Waals surface area contributed by atoms with E-state index in [1.54, 1.807) is 0 Å². The van der Waals surface area contributed by atoms with Crippen LogP contribution in [0.5, 0.6) is 0 Å². The van der Waals surface area contributed by atoms with E-state index in [2.05, 4.69) is 121 Å². The summed E-state index contributed by atoms with van der Waals surface area (Å²) in [6, 6.07) is 67.8. The number of hydrogen-bond acceptors (Lipinski definition) is 4. The van der Waals surface area contributed by atoms with Crippen LogP contribution in [-0.4, -0.2) is 4.57 Å². The highest BCUT2D eigenvalue weighted by atomic mass is 15.0. The predicted molar refractivity (Wildman–Crippen MR) is 239 cm³/mol. The van der Waals surface area contributed by atoms with Gasteiger partial charge in [0.25, 0.3) is 0 Å². The molecule has 5 nitrogen and oxygen atoms in total. The van der Waals surface area contributed by atoms with Gasteiger partial charge in [0.1, 0.15) is 0 Å². The Morgan fingerprint density at radius 1 is 0.377 bits per heavy atom. The predicted octanol–water partition coefficient (Wildman–Crippen LogP) is 12.0. The molecule has 8 aromatic carbocycles. The molecular weight excluding hydrogens is 743 g/mol. The van der Waals surface area contributed by atoms with E-state index in [0.717, 1.165) is 95.1 Å². The molecule has 0 fully saturated rings. The van der Waals surface area contributed by atoms with Gasteiger partial charge in [0.15, 0.2) is 0 Å². The van der Waals surface area contributed by atoms with Gasteiger partial charge in [-0.1, -0.05) is 97.1 Å². The lowest BCUT2D eigenvalue weighted by molar-refractivity contribution is 0.768. The second-order valence-electron chi connectivity index (χ2n) is 15.9. The Hall–Kier alpha value is -8.48. The van der Waals surface area contributed by atoms with Crippen LogP contribution in [0.2, 0.25) is 0 Å². The fourth-order valence-electron chi connectivity index (χ4n) is 10.8. The van der Waals surface area contributed by atoms with Crippen molar-refractivity contribution in [3.63, 3.8) is 0 Å². The van der Waals surface area contributed by atoms with E-state index in [-0.39, 0.29) is 0 Å². The van der Waals surface area contributed by atoms with Crippen molar-refractivity contribution in [3.05, 3.63) is 237 Å². The summed E-state index contributed by atoms with van der Waals surface area (Å²) >= 11 is 0. The molecule has 0 radical (unpaired) electrons. The molecule has 1 aromatic heterocycles. The van der Waals surface area contributed by atoms with Crippen molar-refractivity contribution in [1.82, 2.24) is 4.57 Å². The smallest absolute Gasteiger partial charge is 0.0991 e. The first-order valence-corrected chi connectivity index (χ1v) is 20.4. The summed E-state index contributed by atoms with van der Waals surface area (Å²) in [7, 11) is 0. The number of rotatable bonds is 5. The van der Waals surface area contributed by atoms with Gasteiger partial charge < -0.3 is 4.57 Å². The second-order valence-corrected chi connectivity index (χ2v) is 15.9. The summed E-state index contributed by atoms with van der Waals surface area (Å²) in [5.74, 6) is 0. The molecule has 11 rings (SSSR count). The van der Waals surface area contributed by atoms with E-state index >= 15 is 0 Å². The zero-order valence-electron chi connectivity index (χ0n) is 33.1. The first kappa shape index (κ1) is 35.7. The van der Waals surface area contributed by atoms with Gasteiger partial charge in [0, 0.05) is 28.4 Å². The van der Waals surface area contributed by atoms with E-state index in [4.69, 9.17) is 0 Å². The molecule has 0 saturated heterocycles. The summed E-state index contributed by atoms with van der Waals surface area (Å²) in [5, 5.41) is 43.1. The molecule has 282 valence electrons. The number of benzene rings is 8. The monoisotopic (exact) mass is 775 g/mol. The Balaban J connectivity index is 1.26. The topological polar surface area (TPSA) is 100 Å². The van der Waals surface area contributed by atoms with E-state index in [1.807, 2.05) is 84.9 Å². The summed E-state index contributed by atoms with van der Waals surface area (Å²) in [6.07, 6.45) is 0. The minimum Gasteiger partial charge on any atom is -0.341 e. The molecule has 0 aliphatic heterocycles. The molecule has 0 amide bonds. The highest BCUT2D eigenvalue weighted by Gasteiger charge is 2.48. The Labute approximate surface area is 353 Å². The SMILES string of the molecule is CCn1c2ccc(C3(c4ccccc4)c4cc(C#N)ccc4-c4ccc(C#N)cc43)cc2c2cc(C3(c4ccccc4)c4cc(C#N)ccc4-c4ccc(C#N)cc43)ccc21. The molecule has 0 saturated carbocycles. The van der Waals surface area contributed by atoms with Gasteiger partial charge in [-0.3, -0.25) is 0 Å². The summed E-state index contributed by atoms with van der Waals surface area (Å²) < 4.78 is 2.36. The third-order valence-electron chi connectivity index (χ3n) is 13.3. The maximum atomic E-state index is 10.2. The van der Waals surface area contributed by atoms with E-state index in [0.29, 0.717) is 22.3 Å². The molecule has 0 bridgehead atoms. The highest BCUT2D eigenvalue weighted by Crippen LogP contribution is 2.59. The van der Waals surface area contributed by atoms with Crippen molar-refractivity contribution >= 4 is 21.8 Å². The minimum absolute atomic E-state index is 0.572. The maximum Gasteiger partial charge on any atom is 0.0991 e. The van der Waals surface area contributed by atoms with Gasteiger partial charge in [-0.05, 0) is 146 Å². The first-order valence-electron chi connectivity index (χ1n) is 20.4. The number of nitrogens with zero attached hydrogens (tertiary/aromatic N) is 5. The van der Waals surface area contributed by atoms with Crippen LogP contribution in [0.3, 0.4) is 0 Å². The van der Waals surface area contributed by atoms with Gasteiger partial charge >= 0.3 is 0 Å². The standard InChI is InChI=1S/C56H33N5/c1-2-61-53-23-17-41(55(39-9-5-3-6-10-39)49-25-35(31-57)13-19-43(49)44-20-14-36(32-58)26-50(44)55)29-47(53)48-30-42(18-24-54(48)61)56(40-11-7-4-8-12-40)51-27-37(33-59)15-21-45(51)46-22-16-38(34-60)28-52(46)56/h3-30H,2H2,1H3. The van der Waals surface area contributed by atoms with Crippen LogP contribution in [0.25, 0.3) is 44.1 Å². The van der Waals surface area contributed by atoms with E-state index < -0.39 is 10.8 Å². The fourth-order valence-corrected chi connectivity index (χ4v) is 10.8. The highest BCUT2D eigenvalue weighted by molar-refractivity contribution is 6.09. The van der Waals surface area contributed by atoms with Gasteiger partial charge in [-0.15, -0.1) is 0 Å². The molecule has 2 aliphatic rings. The molecule has 2 aliphatic carbocycles. The average molecular weight is 776 g/mol. The quantitative estimate of drug-likeness (QED) is 0.174. The number of aromatic nitrogens is 1. The third-order valence-corrected chi connectivity index (χ3v) is 13.3. The van der Waals surface area contributed by atoms with Crippen LogP contribution >= 0.6 is 0 Å². The van der Waals surface area contributed by atoms with Gasteiger partial charge in [0.05, 0.1) is 57.4 Å². The van der Waals surface area contributed by atoms with Crippen LogP contribution in [-0.2, 0) is 17.4 Å². The first-order chi connectivity index (χ1) is 30.0. The Kier molecular flexibility index (Phi) is 7.76. The lowest BCUT2D eigenvalue weighted by Gasteiger charge is -2.34. The normalized spacial score (nSPS) is 13.6. The van der Waals surface area contributed by atoms with Gasteiger partial charge in [-0.25, -0.2) is 0 Å². The van der Waals surface area contributed by atoms with Crippen molar-refractivity contribution in [2.75, 3.05) is 0 Å². The minimum atomic E-state index is -0.839. The lowest BCUT2D eigenvalue weighted by Crippen LogP contribution is -2.29. The number of nitriles is 4. The Bertz CT molecular complexity index is 3150. The molecule has 1 heterocycles. The number of aryl methyl sites for hydroxylation is 1. The molecule has 0 N–H and O–H groups in total. The Morgan fingerprint density at radius 3 is 1.00 bits per heavy atom. The van der Waals surface area contributed by atoms with Gasteiger partial charge in [0.2, 0.25) is 0 Å². The Morgan fingerprint density at radius 2 is 0.705 bits per heavy atom. The number of fused-ring (bicyclic) bond motifs is 9. The van der Waals surface area contributed by atoms with Crippen molar-refractivity contribution in [1.29, 1.82) is 21.0 Å². The lowest BCUT2D eigenvalue weighted by atomic mass is 9.66. The van der Waals surface area contributed by atoms with E-state index in [1.165, 1.54) is 0 Å². The van der Waals surface area contributed by atoms with Crippen LogP contribution in [0.15, 0.2) is 170 Å². The van der Waals surface area contributed by atoms with Crippen molar-refractivity contribution < 1.29 is 0 Å². The molecule has 0 atom stereocenters. The molecule has 9 aromatic rings. The van der Waals surface area contributed by atoms with E-state index in [9.17, 15) is 21.0 Å². The van der Waals surface area contributed by atoms with Crippen molar-refractivity contribution in [2.24, 2.45) is 0 Å². The summed E-state index contributed by atoms with van der Waals surface area (Å²) in [6.45, 7) is 2.92. The molecule has 61 heavy (non-hydrogen) atoms. The van der Waals surface area contributed by atoms with Crippen molar-refractivity contribution in [3.8, 4) is 46.5 Å². The molecule has 0 spiro atoms. The van der Waals surface area contributed by atoms with Crippen molar-refractivity contribution in [2.45, 2.75) is 24.3 Å². The number of hydrogen-bond donors (Lipinski definition) is 0.